The maximum atomic E-state index is 10.9. The van der Waals surface area contributed by atoms with E-state index in [1.165, 1.54) is 25.5 Å². The summed E-state index contributed by atoms with van der Waals surface area (Å²) in [5.74, 6) is -0.288. The fraction of sp³-hybridized carbons (Fsp3) is 0.143. The summed E-state index contributed by atoms with van der Waals surface area (Å²) in [5, 5.41) is 2.33. The molecule has 1 N–H and O–H groups in total. The van der Waals surface area contributed by atoms with Crippen LogP contribution in [0.4, 0.5) is 5.69 Å². The van der Waals surface area contributed by atoms with E-state index in [0.29, 0.717) is 0 Å². The van der Waals surface area contributed by atoms with Crippen molar-refractivity contribution in [2.24, 2.45) is 0 Å². The summed E-state index contributed by atoms with van der Waals surface area (Å²) in [6.07, 6.45) is 2.46. The molecule has 4 heteroatoms. The molecule has 1 aromatic rings. The van der Waals surface area contributed by atoms with Gasteiger partial charge in [-0.15, -0.1) is 0 Å². The van der Waals surface area contributed by atoms with Gasteiger partial charge in [0, 0.05) is 13.0 Å². The van der Waals surface area contributed by atoms with Gasteiger partial charge in [-0.1, -0.05) is 0 Å². The lowest BCUT2D eigenvalue weighted by Crippen LogP contribution is -2.13. The van der Waals surface area contributed by atoms with Crippen molar-refractivity contribution in [2.75, 3.05) is 5.32 Å². The average molecular weight is 153 g/mol. The normalized spacial score (nSPS) is 9.18. The van der Waals surface area contributed by atoms with Crippen molar-refractivity contribution in [1.29, 1.82) is 0 Å². The SMILES string of the molecule is CC(=O)Nc1coccc1=O. The molecule has 1 aromatic heterocycles. The van der Waals surface area contributed by atoms with Gasteiger partial charge in [-0.25, -0.2) is 0 Å². The molecule has 0 radical (unpaired) electrons. The Morgan fingerprint density at radius 2 is 2.36 bits per heavy atom. The van der Waals surface area contributed by atoms with Crippen molar-refractivity contribution < 1.29 is 9.21 Å². The molecule has 0 fully saturated rings. The Morgan fingerprint density at radius 1 is 1.64 bits per heavy atom. The highest BCUT2D eigenvalue weighted by molar-refractivity contribution is 5.88. The van der Waals surface area contributed by atoms with Crippen LogP contribution in [0.3, 0.4) is 0 Å². The molecule has 0 saturated heterocycles. The standard InChI is InChI=1S/C7H7NO3/c1-5(9)8-6-4-11-3-2-7(6)10/h2-4H,1H3,(H,8,9). The van der Waals surface area contributed by atoms with E-state index in [9.17, 15) is 9.59 Å². The third-order valence-electron chi connectivity index (χ3n) is 1.06. The van der Waals surface area contributed by atoms with Crippen LogP contribution >= 0.6 is 0 Å². The highest BCUT2D eigenvalue weighted by Gasteiger charge is 1.98. The number of hydrogen-bond acceptors (Lipinski definition) is 3. The Balaban J connectivity index is 2.95. The minimum atomic E-state index is -0.288. The fourth-order valence-electron chi connectivity index (χ4n) is 0.637. The van der Waals surface area contributed by atoms with E-state index < -0.39 is 0 Å². The number of rotatable bonds is 1. The molecule has 0 bridgehead atoms. The smallest absolute Gasteiger partial charge is 0.221 e. The third-order valence-corrected chi connectivity index (χ3v) is 1.06. The van der Waals surface area contributed by atoms with Crippen molar-refractivity contribution in [1.82, 2.24) is 0 Å². The second-order valence-corrected chi connectivity index (χ2v) is 2.02. The van der Waals surface area contributed by atoms with Gasteiger partial charge >= 0.3 is 0 Å². The van der Waals surface area contributed by atoms with E-state index in [1.54, 1.807) is 0 Å². The molecule has 1 rings (SSSR count). The Bertz CT molecular complexity index is 315. The largest absolute Gasteiger partial charge is 0.470 e. The van der Waals surface area contributed by atoms with Crippen LogP contribution in [0.15, 0.2) is 27.8 Å². The second kappa shape index (κ2) is 3.01. The Kier molecular flexibility index (Phi) is 2.06. The molecule has 0 spiro atoms. The molecule has 1 amide bonds. The van der Waals surface area contributed by atoms with Gasteiger partial charge in [-0.3, -0.25) is 9.59 Å². The molecule has 11 heavy (non-hydrogen) atoms. The first-order valence-electron chi connectivity index (χ1n) is 3.04. The number of carbonyl (C=O) groups excluding carboxylic acids is 1. The van der Waals surface area contributed by atoms with Gasteiger partial charge in [-0.05, 0) is 0 Å². The van der Waals surface area contributed by atoms with Gasteiger partial charge in [0.05, 0.1) is 6.26 Å². The third kappa shape index (κ3) is 1.93. The molecule has 4 nitrogen and oxygen atoms in total. The van der Waals surface area contributed by atoms with Gasteiger partial charge in [-0.2, -0.15) is 0 Å². The monoisotopic (exact) mass is 153 g/mol. The minimum absolute atomic E-state index is 0.167. The summed E-state index contributed by atoms with van der Waals surface area (Å²) in [7, 11) is 0. The Hall–Kier alpha value is -1.58. The van der Waals surface area contributed by atoms with Crippen LogP contribution in [-0.4, -0.2) is 5.91 Å². The zero-order valence-electron chi connectivity index (χ0n) is 5.96. The summed E-state index contributed by atoms with van der Waals surface area (Å²) >= 11 is 0. The summed E-state index contributed by atoms with van der Waals surface area (Å²) < 4.78 is 4.68. The maximum Gasteiger partial charge on any atom is 0.221 e. The van der Waals surface area contributed by atoms with E-state index in [1.807, 2.05) is 0 Å². The van der Waals surface area contributed by atoms with E-state index in [0.717, 1.165) is 0 Å². The lowest BCUT2D eigenvalue weighted by atomic mass is 10.4. The zero-order chi connectivity index (χ0) is 8.27. The number of carbonyl (C=O) groups is 1. The van der Waals surface area contributed by atoms with Gasteiger partial charge in [0.15, 0.2) is 0 Å². The van der Waals surface area contributed by atoms with Crippen molar-refractivity contribution >= 4 is 11.6 Å². The van der Waals surface area contributed by atoms with Gasteiger partial charge in [0.2, 0.25) is 11.3 Å². The maximum absolute atomic E-state index is 10.9. The second-order valence-electron chi connectivity index (χ2n) is 2.02. The van der Waals surface area contributed by atoms with Crippen LogP contribution in [0.2, 0.25) is 0 Å². The Morgan fingerprint density at radius 3 is 2.91 bits per heavy atom. The first-order valence-corrected chi connectivity index (χ1v) is 3.04. The molecule has 0 atom stereocenters. The van der Waals surface area contributed by atoms with Crippen molar-refractivity contribution in [3.63, 3.8) is 0 Å². The lowest BCUT2D eigenvalue weighted by Gasteiger charge is -1.96. The first kappa shape index (κ1) is 7.53. The van der Waals surface area contributed by atoms with Crippen LogP contribution in [0.1, 0.15) is 6.92 Å². The average Bonchev–Trinajstić information content (AvgIpc) is 1.93. The van der Waals surface area contributed by atoms with Crippen LogP contribution in [0, 0.1) is 0 Å². The molecule has 0 saturated carbocycles. The van der Waals surface area contributed by atoms with Crippen LogP contribution in [0.25, 0.3) is 0 Å². The lowest BCUT2D eigenvalue weighted by molar-refractivity contribution is -0.114. The number of anilines is 1. The number of nitrogens with one attached hydrogen (secondary N) is 1. The predicted molar refractivity (Wildman–Crippen MR) is 39.3 cm³/mol. The van der Waals surface area contributed by atoms with Gasteiger partial charge in [0.25, 0.3) is 0 Å². The van der Waals surface area contributed by atoms with Gasteiger partial charge in [0.1, 0.15) is 12.0 Å². The molecular formula is C7H7NO3. The zero-order valence-corrected chi connectivity index (χ0v) is 5.96. The summed E-state index contributed by atoms with van der Waals surface area (Å²) in [6, 6.07) is 1.24. The van der Waals surface area contributed by atoms with E-state index in [-0.39, 0.29) is 17.0 Å². The molecule has 1 heterocycles. The molecular weight excluding hydrogens is 146 g/mol. The first-order chi connectivity index (χ1) is 5.20. The number of amides is 1. The summed E-state index contributed by atoms with van der Waals surface area (Å²) in [6.45, 7) is 1.33. The Labute approximate surface area is 62.8 Å². The van der Waals surface area contributed by atoms with Crippen LogP contribution < -0.4 is 10.7 Å². The van der Waals surface area contributed by atoms with E-state index in [4.69, 9.17) is 0 Å². The topological polar surface area (TPSA) is 59.3 Å². The fourth-order valence-corrected chi connectivity index (χ4v) is 0.637. The van der Waals surface area contributed by atoms with Crippen molar-refractivity contribution in [3.05, 3.63) is 28.8 Å². The van der Waals surface area contributed by atoms with Crippen molar-refractivity contribution in [3.8, 4) is 0 Å². The molecule has 0 unspecified atom stereocenters. The highest BCUT2D eigenvalue weighted by atomic mass is 16.3. The molecule has 0 aromatic carbocycles. The van der Waals surface area contributed by atoms with E-state index >= 15 is 0 Å². The molecule has 0 aliphatic rings. The van der Waals surface area contributed by atoms with Crippen LogP contribution in [0.5, 0.6) is 0 Å². The van der Waals surface area contributed by atoms with Crippen LogP contribution in [-0.2, 0) is 4.79 Å². The molecule has 0 aliphatic heterocycles. The predicted octanol–water partition coefficient (Wildman–Crippen LogP) is 0.598. The van der Waals surface area contributed by atoms with Crippen molar-refractivity contribution in [2.45, 2.75) is 6.92 Å². The quantitative estimate of drug-likeness (QED) is 0.642. The summed E-state index contributed by atoms with van der Waals surface area (Å²) in [4.78, 5) is 21.4. The molecule has 58 valence electrons. The highest BCUT2D eigenvalue weighted by Crippen LogP contribution is 1.96. The minimum Gasteiger partial charge on any atom is -0.470 e. The summed E-state index contributed by atoms with van der Waals surface area (Å²) in [5.41, 5.74) is -0.0912. The molecule has 0 aliphatic carbocycles. The number of hydrogen-bond donors (Lipinski definition) is 1. The van der Waals surface area contributed by atoms with E-state index in [2.05, 4.69) is 9.73 Å². The van der Waals surface area contributed by atoms with Gasteiger partial charge < -0.3 is 9.73 Å².